The highest BCUT2D eigenvalue weighted by Gasteiger charge is 2.26. The Hall–Kier alpha value is -4.24. The van der Waals surface area contributed by atoms with Crippen molar-refractivity contribution >= 4 is 28.4 Å². The van der Waals surface area contributed by atoms with Gasteiger partial charge in [0, 0.05) is 31.5 Å². The van der Waals surface area contributed by atoms with E-state index >= 15 is 0 Å². The Morgan fingerprint density at radius 1 is 0.950 bits per heavy atom. The van der Waals surface area contributed by atoms with E-state index in [2.05, 4.69) is 10.0 Å². The van der Waals surface area contributed by atoms with Gasteiger partial charge in [-0.05, 0) is 93.0 Å². The van der Waals surface area contributed by atoms with Crippen molar-refractivity contribution in [3.05, 3.63) is 94.2 Å². The number of ether oxygens (including phenoxy) is 1. The van der Waals surface area contributed by atoms with Crippen molar-refractivity contribution in [2.45, 2.75) is 33.2 Å². The van der Waals surface area contributed by atoms with E-state index in [0.717, 1.165) is 60.4 Å². The molecule has 0 radical (unpaired) electrons. The normalized spacial score (nSPS) is 16.4. The maximum Gasteiger partial charge on any atom is 0.333 e. The maximum absolute atomic E-state index is 13.8. The fourth-order valence-electron chi connectivity index (χ4n) is 5.73. The Labute approximate surface area is 231 Å². The summed E-state index contributed by atoms with van der Waals surface area (Å²) in [6.07, 6.45) is 1.51. The highest BCUT2D eigenvalue weighted by molar-refractivity contribution is 5.97. The second kappa shape index (κ2) is 10.7. The Morgan fingerprint density at radius 2 is 1.65 bits per heavy atom. The van der Waals surface area contributed by atoms with Crippen LogP contribution in [-0.2, 0) is 11.3 Å². The SMILES string of the molecule is CC1=NN(c2ccc(-n3c(=O)n(CCN4CCC(C(=O)c5ccc(F)cc5)CC4)c4cccc(C)c43)cc2)CO1. The summed E-state index contributed by atoms with van der Waals surface area (Å²) < 4.78 is 22.3. The average molecular weight is 542 g/mol. The van der Waals surface area contributed by atoms with Gasteiger partial charge in [0.2, 0.25) is 5.90 Å². The minimum atomic E-state index is -0.336. The number of benzene rings is 3. The Kier molecular flexibility index (Phi) is 6.98. The first-order chi connectivity index (χ1) is 19.4. The van der Waals surface area contributed by atoms with Crippen molar-refractivity contribution in [2.24, 2.45) is 11.0 Å². The molecule has 0 bridgehead atoms. The van der Waals surface area contributed by atoms with Crippen molar-refractivity contribution < 1.29 is 13.9 Å². The molecule has 2 aliphatic rings. The molecular formula is C31H32FN5O3. The molecule has 0 spiro atoms. The van der Waals surface area contributed by atoms with Crippen LogP contribution < -0.4 is 10.7 Å². The van der Waals surface area contributed by atoms with Gasteiger partial charge >= 0.3 is 5.69 Å². The average Bonchev–Trinajstić information content (AvgIpc) is 3.53. The van der Waals surface area contributed by atoms with Crippen LogP contribution in [0, 0.1) is 18.7 Å². The van der Waals surface area contributed by atoms with Crippen LogP contribution >= 0.6 is 0 Å². The molecule has 0 N–H and O–H groups in total. The monoisotopic (exact) mass is 541 g/mol. The van der Waals surface area contributed by atoms with Crippen LogP contribution in [0.3, 0.4) is 0 Å². The Balaban J connectivity index is 1.18. The highest BCUT2D eigenvalue weighted by Crippen LogP contribution is 2.26. The number of nitrogens with zero attached hydrogens (tertiary/aromatic N) is 5. The Bertz CT molecular complexity index is 1630. The molecule has 0 unspecified atom stereocenters. The number of hydrogen-bond acceptors (Lipinski definition) is 6. The zero-order valence-corrected chi connectivity index (χ0v) is 22.7. The molecule has 1 aromatic heterocycles. The third kappa shape index (κ3) is 4.93. The summed E-state index contributed by atoms with van der Waals surface area (Å²) in [7, 11) is 0. The molecular weight excluding hydrogens is 509 g/mol. The first-order valence-electron chi connectivity index (χ1n) is 13.7. The maximum atomic E-state index is 13.8. The molecule has 3 aromatic carbocycles. The number of likely N-dealkylation sites (tertiary alicyclic amines) is 1. The van der Waals surface area contributed by atoms with Crippen molar-refractivity contribution in [2.75, 3.05) is 31.4 Å². The number of ketones is 1. The fraction of sp³-hybridized carbons (Fsp3) is 0.323. The molecule has 3 heterocycles. The van der Waals surface area contributed by atoms with Crippen LogP contribution in [0.15, 0.2) is 76.6 Å². The van der Waals surface area contributed by atoms with Crippen LogP contribution in [-0.4, -0.2) is 52.1 Å². The molecule has 1 saturated heterocycles. The van der Waals surface area contributed by atoms with E-state index in [-0.39, 0.29) is 23.2 Å². The molecule has 1 fully saturated rings. The minimum Gasteiger partial charge on any atom is -0.457 e. The number of hydrazone groups is 1. The number of fused-ring (bicyclic) bond motifs is 1. The van der Waals surface area contributed by atoms with E-state index < -0.39 is 0 Å². The lowest BCUT2D eigenvalue weighted by Gasteiger charge is -2.31. The number of piperidine rings is 1. The number of imidazole rings is 1. The number of Topliss-reactive ketones (excluding diaryl/α,β-unsaturated/α-hetero) is 1. The molecule has 0 amide bonds. The third-order valence-electron chi connectivity index (χ3n) is 7.94. The van der Waals surface area contributed by atoms with Gasteiger partial charge in [-0.3, -0.25) is 13.9 Å². The van der Waals surface area contributed by atoms with Crippen molar-refractivity contribution in [1.82, 2.24) is 14.0 Å². The zero-order chi connectivity index (χ0) is 27.8. The minimum absolute atomic E-state index is 0.0568. The molecule has 0 atom stereocenters. The summed E-state index contributed by atoms with van der Waals surface area (Å²) in [5.74, 6) is 0.318. The van der Waals surface area contributed by atoms with Gasteiger partial charge in [0.1, 0.15) is 5.82 Å². The molecule has 6 rings (SSSR count). The lowest BCUT2D eigenvalue weighted by Crippen LogP contribution is -2.39. The topological polar surface area (TPSA) is 72.1 Å². The smallest absolute Gasteiger partial charge is 0.333 e. The number of carbonyl (C=O) groups is 1. The lowest BCUT2D eigenvalue weighted by atomic mass is 9.89. The van der Waals surface area contributed by atoms with Crippen LogP contribution in [0.4, 0.5) is 10.1 Å². The van der Waals surface area contributed by atoms with E-state index in [1.165, 1.54) is 12.1 Å². The van der Waals surface area contributed by atoms with E-state index in [1.54, 1.807) is 21.7 Å². The predicted octanol–water partition coefficient (Wildman–Crippen LogP) is 4.96. The number of hydrogen-bond donors (Lipinski definition) is 0. The predicted molar refractivity (Wildman–Crippen MR) is 154 cm³/mol. The van der Waals surface area contributed by atoms with Crippen molar-refractivity contribution in [1.29, 1.82) is 0 Å². The first-order valence-corrected chi connectivity index (χ1v) is 13.7. The van der Waals surface area contributed by atoms with Crippen molar-refractivity contribution in [3.8, 4) is 5.69 Å². The van der Waals surface area contributed by atoms with E-state index in [9.17, 15) is 14.0 Å². The molecule has 8 nitrogen and oxygen atoms in total. The second-order valence-electron chi connectivity index (χ2n) is 10.5. The van der Waals surface area contributed by atoms with Gasteiger partial charge in [-0.15, -0.1) is 5.10 Å². The van der Waals surface area contributed by atoms with Gasteiger partial charge in [0.15, 0.2) is 12.5 Å². The van der Waals surface area contributed by atoms with Crippen molar-refractivity contribution in [3.63, 3.8) is 0 Å². The van der Waals surface area contributed by atoms with Gasteiger partial charge in [-0.25, -0.2) is 14.2 Å². The quantitative estimate of drug-likeness (QED) is 0.309. The fourth-order valence-corrected chi connectivity index (χ4v) is 5.73. The number of rotatable bonds is 7. The molecule has 206 valence electrons. The molecule has 0 saturated carbocycles. The zero-order valence-electron chi connectivity index (χ0n) is 22.7. The Morgan fingerprint density at radius 3 is 2.33 bits per heavy atom. The summed E-state index contributed by atoms with van der Waals surface area (Å²) in [4.78, 5) is 29.0. The molecule has 9 heteroatoms. The molecule has 40 heavy (non-hydrogen) atoms. The third-order valence-corrected chi connectivity index (χ3v) is 7.94. The van der Waals surface area contributed by atoms with Gasteiger partial charge in [-0.2, -0.15) is 0 Å². The second-order valence-corrected chi connectivity index (χ2v) is 10.5. The number of halogens is 1. The van der Waals surface area contributed by atoms with E-state index in [1.807, 2.05) is 60.9 Å². The van der Waals surface area contributed by atoms with Gasteiger partial charge in [-0.1, -0.05) is 12.1 Å². The first kappa shape index (κ1) is 26.0. The number of para-hydroxylation sites is 1. The number of anilines is 1. The van der Waals surface area contributed by atoms with Gasteiger partial charge in [0.25, 0.3) is 0 Å². The summed E-state index contributed by atoms with van der Waals surface area (Å²) in [5.41, 5.74) is 5.04. The molecule has 0 aliphatic carbocycles. The van der Waals surface area contributed by atoms with Crippen LogP contribution in [0.1, 0.15) is 35.7 Å². The molecule has 2 aliphatic heterocycles. The number of aromatic nitrogens is 2. The summed E-state index contributed by atoms with van der Waals surface area (Å²) in [6.45, 7) is 7.07. The number of carbonyl (C=O) groups excluding carboxylic acids is 1. The number of aryl methyl sites for hydroxylation is 1. The standard InChI is InChI=1S/C31H32FN5O3/c1-21-4-3-5-28-29(21)37(27-12-10-26(11-13-27)36-20-40-22(2)33-36)31(39)35(28)19-18-34-16-14-24(15-17-34)30(38)23-6-8-25(32)9-7-23/h3-13,24H,14-20H2,1-2H3. The van der Waals surface area contributed by atoms with Crippen LogP contribution in [0.25, 0.3) is 16.7 Å². The van der Waals surface area contributed by atoms with Gasteiger partial charge < -0.3 is 9.64 Å². The summed E-state index contributed by atoms with van der Waals surface area (Å²) in [5, 5.41) is 6.15. The van der Waals surface area contributed by atoms with E-state index in [4.69, 9.17) is 4.74 Å². The lowest BCUT2D eigenvalue weighted by molar-refractivity contribution is 0.0837. The van der Waals surface area contributed by atoms with E-state index in [0.29, 0.717) is 24.7 Å². The van der Waals surface area contributed by atoms with Crippen LogP contribution in [0.2, 0.25) is 0 Å². The summed E-state index contributed by atoms with van der Waals surface area (Å²) in [6, 6.07) is 19.6. The van der Waals surface area contributed by atoms with Crippen LogP contribution in [0.5, 0.6) is 0 Å². The molecule has 4 aromatic rings. The van der Waals surface area contributed by atoms with Gasteiger partial charge in [0.05, 0.1) is 22.4 Å². The highest BCUT2D eigenvalue weighted by atomic mass is 19.1. The summed E-state index contributed by atoms with van der Waals surface area (Å²) >= 11 is 0. The largest absolute Gasteiger partial charge is 0.457 e.